The number of nitrogens with one attached hydrogen (secondary N) is 1. The number of hydrogen-bond acceptors (Lipinski definition) is 4. The van der Waals surface area contributed by atoms with Crippen molar-refractivity contribution in [3.8, 4) is 0 Å². The van der Waals surface area contributed by atoms with Gasteiger partial charge in [0.1, 0.15) is 6.67 Å². The second-order valence-corrected chi connectivity index (χ2v) is 6.34. The van der Waals surface area contributed by atoms with Crippen LogP contribution in [0.5, 0.6) is 0 Å². The highest BCUT2D eigenvalue weighted by molar-refractivity contribution is 6.70. The lowest BCUT2D eigenvalue weighted by atomic mass is 10.1. The van der Waals surface area contributed by atoms with E-state index in [4.69, 9.17) is 0 Å². The number of rotatable bonds is 4. The van der Waals surface area contributed by atoms with Gasteiger partial charge >= 0.3 is 0 Å². The Hall–Kier alpha value is -2.95. The van der Waals surface area contributed by atoms with E-state index in [1.54, 1.807) is 0 Å². The molecule has 0 bridgehead atoms. The Kier molecular flexibility index (Phi) is 4.06. The molecular formula is C20H20N4O. The predicted molar refractivity (Wildman–Crippen MR) is 101 cm³/mol. The van der Waals surface area contributed by atoms with E-state index in [-0.39, 0.29) is 5.91 Å². The van der Waals surface area contributed by atoms with E-state index in [0.29, 0.717) is 18.2 Å². The number of carbonyl (C=O) groups is 1. The summed E-state index contributed by atoms with van der Waals surface area (Å²) < 4.78 is 0. The number of hydrogen-bond donors (Lipinski definition) is 1. The third kappa shape index (κ3) is 3.05. The molecule has 0 saturated heterocycles. The number of benzene rings is 2. The first kappa shape index (κ1) is 15.6. The van der Waals surface area contributed by atoms with Crippen LogP contribution in [-0.2, 0) is 11.2 Å². The Labute approximate surface area is 147 Å². The summed E-state index contributed by atoms with van der Waals surface area (Å²) in [6.45, 7) is 3.14. The number of amides is 1. The summed E-state index contributed by atoms with van der Waals surface area (Å²) in [5.74, 6) is 0.540. The molecule has 126 valence electrons. The number of nitrogens with zero attached hydrogens (tertiary/aromatic N) is 3. The van der Waals surface area contributed by atoms with Gasteiger partial charge < -0.3 is 10.2 Å². The van der Waals surface area contributed by atoms with Crippen LogP contribution >= 0.6 is 0 Å². The first-order chi connectivity index (χ1) is 12.2. The molecule has 0 fully saturated rings. The van der Waals surface area contributed by atoms with Crippen molar-refractivity contribution >= 4 is 28.8 Å². The number of anilines is 1. The molecule has 2 aromatic carbocycles. The highest BCUT2D eigenvalue weighted by Gasteiger charge is 2.32. The lowest BCUT2D eigenvalue weighted by Gasteiger charge is -2.33. The molecule has 0 unspecified atom stereocenters. The number of aryl methyl sites for hydroxylation is 2. The third-order valence-electron chi connectivity index (χ3n) is 4.49. The highest BCUT2D eigenvalue weighted by atomic mass is 16.2. The van der Waals surface area contributed by atoms with Gasteiger partial charge in [0.2, 0.25) is 0 Å². The summed E-state index contributed by atoms with van der Waals surface area (Å²) in [5.41, 5.74) is 4.73. The topological polar surface area (TPSA) is 57.1 Å². The molecule has 5 nitrogen and oxygen atoms in total. The van der Waals surface area contributed by atoms with Gasteiger partial charge in [0.05, 0.1) is 11.4 Å². The minimum atomic E-state index is -0.148. The zero-order chi connectivity index (χ0) is 17.2. The second kappa shape index (κ2) is 6.51. The number of fused-ring (bicyclic) bond motifs is 2. The van der Waals surface area contributed by atoms with Crippen LogP contribution in [0.4, 0.5) is 11.4 Å². The van der Waals surface area contributed by atoms with Crippen molar-refractivity contribution in [2.75, 3.05) is 18.1 Å². The first-order valence-corrected chi connectivity index (χ1v) is 8.56. The van der Waals surface area contributed by atoms with E-state index in [1.165, 1.54) is 5.56 Å². The molecule has 25 heavy (non-hydrogen) atoms. The van der Waals surface area contributed by atoms with Gasteiger partial charge in [-0.1, -0.05) is 36.4 Å². The highest BCUT2D eigenvalue weighted by Crippen LogP contribution is 2.34. The Morgan fingerprint density at radius 3 is 2.84 bits per heavy atom. The van der Waals surface area contributed by atoms with Crippen LogP contribution in [0.15, 0.2) is 58.5 Å². The van der Waals surface area contributed by atoms with Crippen molar-refractivity contribution in [3.05, 3.63) is 59.7 Å². The molecule has 2 aliphatic heterocycles. The van der Waals surface area contributed by atoms with Gasteiger partial charge in [-0.05, 0) is 43.0 Å². The summed E-state index contributed by atoms with van der Waals surface area (Å²) in [4.78, 5) is 23.4. The Bertz CT molecular complexity index is 871. The maximum atomic E-state index is 12.2. The van der Waals surface area contributed by atoms with E-state index < -0.39 is 0 Å². The van der Waals surface area contributed by atoms with E-state index >= 15 is 0 Å². The number of aliphatic imine (C=N–C) groups is 2. The van der Waals surface area contributed by atoms with Crippen LogP contribution in [0, 0.1) is 6.92 Å². The van der Waals surface area contributed by atoms with Gasteiger partial charge in [0.15, 0.2) is 11.5 Å². The van der Waals surface area contributed by atoms with Crippen molar-refractivity contribution < 1.29 is 4.79 Å². The van der Waals surface area contributed by atoms with Crippen LogP contribution in [0.1, 0.15) is 17.5 Å². The van der Waals surface area contributed by atoms with Crippen molar-refractivity contribution in [1.82, 2.24) is 5.32 Å². The zero-order valence-corrected chi connectivity index (χ0v) is 14.2. The van der Waals surface area contributed by atoms with Crippen LogP contribution in [0.25, 0.3) is 0 Å². The summed E-state index contributed by atoms with van der Waals surface area (Å²) in [5, 5.41) is 2.75. The molecule has 0 saturated carbocycles. The van der Waals surface area contributed by atoms with E-state index in [2.05, 4.69) is 56.6 Å². The molecule has 0 aliphatic carbocycles. The Morgan fingerprint density at radius 2 is 2.00 bits per heavy atom. The molecule has 0 radical (unpaired) electrons. The third-order valence-corrected chi connectivity index (χ3v) is 4.49. The quantitative estimate of drug-likeness (QED) is 0.936. The van der Waals surface area contributed by atoms with Crippen molar-refractivity contribution in [3.63, 3.8) is 0 Å². The summed E-state index contributed by atoms with van der Waals surface area (Å²) >= 11 is 0. The van der Waals surface area contributed by atoms with Crippen molar-refractivity contribution in [2.45, 2.75) is 19.8 Å². The normalized spacial score (nSPS) is 15.7. The molecule has 0 spiro atoms. The molecule has 2 heterocycles. The standard InChI is InChI=1S/C20H20N4O/c1-14-9-10-17-16(12-14)23-18-19(21-13-22-20(18)25)24(17)11-5-8-15-6-3-2-4-7-15/h2-4,6-7,9-10,12H,5,8,11,13H2,1H3,(H,22,25). The smallest absolute Gasteiger partial charge is 0.275 e. The fraction of sp³-hybridized carbons (Fsp3) is 0.250. The number of carbonyl (C=O) groups excluding carboxylic acids is 1. The SMILES string of the molecule is Cc1ccc2c(c1)N=C1C(=O)NCN=C1N2CCCc1ccccc1. The van der Waals surface area contributed by atoms with Gasteiger partial charge in [-0.3, -0.25) is 4.79 Å². The van der Waals surface area contributed by atoms with E-state index in [9.17, 15) is 4.79 Å². The molecule has 4 rings (SSSR count). The first-order valence-electron chi connectivity index (χ1n) is 8.56. The summed E-state index contributed by atoms with van der Waals surface area (Å²) in [6, 6.07) is 16.6. The van der Waals surface area contributed by atoms with Gasteiger partial charge in [-0.15, -0.1) is 0 Å². The van der Waals surface area contributed by atoms with Crippen LogP contribution in [0.3, 0.4) is 0 Å². The van der Waals surface area contributed by atoms with Gasteiger partial charge in [0.25, 0.3) is 5.91 Å². The second-order valence-electron chi connectivity index (χ2n) is 6.34. The van der Waals surface area contributed by atoms with Gasteiger partial charge in [-0.25, -0.2) is 9.98 Å². The molecular weight excluding hydrogens is 312 g/mol. The fourth-order valence-corrected chi connectivity index (χ4v) is 3.26. The maximum absolute atomic E-state index is 12.2. The zero-order valence-electron chi connectivity index (χ0n) is 14.2. The molecule has 0 aromatic heterocycles. The van der Waals surface area contributed by atoms with Crippen LogP contribution in [0.2, 0.25) is 0 Å². The lowest BCUT2D eigenvalue weighted by Crippen LogP contribution is -2.50. The van der Waals surface area contributed by atoms with E-state index in [0.717, 1.165) is 36.3 Å². The molecule has 2 aromatic rings. The molecule has 2 aliphatic rings. The summed E-state index contributed by atoms with van der Waals surface area (Å²) in [7, 11) is 0. The van der Waals surface area contributed by atoms with E-state index in [1.807, 2.05) is 19.1 Å². The maximum Gasteiger partial charge on any atom is 0.275 e. The minimum absolute atomic E-state index is 0.148. The largest absolute Gasteiger partial charge is 0.331 e. The van der Waals surface area contributed by atoms with Crippen LogP contribution < -0.4 is 10.2 Å². The molecule has 1 amide bonds. The van der Waals surface area contributed by atoms with Crippen molar-refractivity contribution in [1.29, 1.82) is 0 Å². The Morgan fingerprint density at radius 1 is 1.16 bits per heavy atom. The Balaban J connectivity index is 1.62. The fourth-order valence-electron chi connectivity index (χ4n) is 3.26. The summed E-state index contributed by atoms with van der Waals surface area (Å²) in [6.07, 6.45) is 1.97. The van der Waals surface area contributed by atoms with Gasteiger partial charge in [-0.2, -0.15) is 0 Å². The predicted octanol–water partition coefficient (Wildman–Crippen LogP) is 3.01. The average Bonchev–Trinajstić information content (AvgIpc) is 2.63. The van der Waals surface area contributed by atoms with Crippen molar-refractivity contribution in [2.24, 2.45) is 9.98 Å². The minimum Gasteiger partial charge on any atom is -0.331 e. The lowest BCUT2D eigenvalue weighted by molar-refractivity contribution is -0.114. The molecule has 5 heteroatoms. The number of amidine groups is 1. The van der Waals surface area contributed by atoms with Crippen LogP contribution in [-0.4, -0.2) is 30.7 Å². The monoisotopic (exact) mass is 332 g/mol. The van der Waals surface area contributed by atoms with Gasteiger partial charge in [0, 0.05) is 6.54 Å². The molecule has 0 atom stereocenters. The average molecular weight is 332 g/mol. The molecule has 1 N–H and O–H groups in total.